The first kappa shape index (κ1) is 14.4. The van der Waals surface area contributed by atoms with Gasteiger partial charge < -0.3 is 4.90 Å². The third-order valence-electron chi connectivity index (χ3n) is 5.73. The van der Waals surface area contributed by atoms with Crippen molar-refractivity contribution in [2.75, 3.05) is 19.6 Å². The van der Waals surface area contributed by atoms with Crippen LogP contribution in [0, 0.1) is 11.8 Å². The second kappa shape index (κ2) is 6.15. The monoisotopic (exact) mass is 301 g/mol. The zero-order valence-electron chi connectivity index (χ0n) is 13.5. The van der Waals surface area contributed by atoms with Gasteiger partial charge in [-0.3, -0.25) is 4.79 Å². The Bertz CT molecular complexity index is 582. The highest BCUT2D eigenvalue weighted by atomic mass is 16.1. The van der Waals surface area contributed by atoms with Crippen LogP contribution in [0.2, 0.25) is 0 Å². The molecule has 0 radical (unpaired) electrons. The summed E-state index contributed by atoms with van der Waals surface area (Å²) in [6.45, 7) is 4.40. The van der Waals surface area contributed by atoms with E-state index < -0.39 is 0 Å². The van der Waals surface area contributed by atoms with Crippen molar-refractivity contribution in [1.29, 1.82) is 0 Å². The van der Waals surface area contributed by atoms with Crippen LogP contribution in [0.25, 0.3) is 0 Å². The number of rotatable bonds is 4. The predicted octanol–water partition coefficient (Wildman–Crippen LogP) is 2.24. The minimum Gasteiger partial charge on any atom is -0.302 e. The fourth-order valence-electron chi connectivity index (χ4n) is 4.48. The molecule has 2 heterocycles. The number of hydrogen-bond acceptors (Lipinski definition) is 3. The molecule has 0 atom stereocenters. The Labute approximate surface area is 132 Å². The molecule has 120 valence electrons. The molecule has 1 saturated heterocycles. The van der Waals surface area contributed by atoms with Crippen LogP contribution in [-0.2, 0) is 19.4 Å². The SMILES string of the molecule is O=c1cc2c(nn1CC1CN(CC3CCCC3)C1)CCCC2. The van der Waals surface area contributed by atoms with Gasteiger partial charge in [0.15, 0.2) is 0 Å². The molecule has 1 aromatic rings. The predicted molar refractivity (Wildman–Crippen MR) is 87.0 cm³/mol. The van der Waals surface area contributed by atoms with Gasteiger partial charge in [0.2, 0.25) is 0 Å². The highest BCUT2D eigenvalue weighted by molar-refractivity contribution is 5.20. The summed E-state index contributed by atoms with van der Waals surface area (Å²) in [4.78, 5) is 14.8. The minimum absolute atomic E-state index is 0.106. The Morgan fingerprint density at radius 1 is 1.00 bits per heavy atom. The van der Waals surface area contributed by atoms with Crippen molar-refractivity contribution in [3.05, 3.63) is 27.7 Å². The van der Waals surface area contributed by atoms with Crippen LogP contribution in [0.4, 0.5) is 0 Å². The van der Waals surface area contributed by atoms with Crippen LogP contribution in [0.1, 0.15) is 49.8 Å². The summed E-state index contributed by atoms with van der Waals surface area (Å²) < 4.78 is 1.74. The Kier molecular flexibility index (Phi) is 4.03. The van der Waals surface area contributed by atoms with Crippen LogP contribution in [0.5, 0.6) is 0 Å². The van der Waals surface area contributed by atoms with E-state index >= 15 is 0 Å². The molecule has 1 aromatic heterocycles. The van der Waals surface area contributed by atoms with Crippen LogP contribution >= 0.6 is 0 Å². The average Bonchev–Trinajstić information content (AvgIpc) is 2.98. The van der Waals surface area contributed by atoms with E-state index in [2.05, 4.69) is 10.00 Å². The largest absolute Gasteiger partial charge is 0.302 e. The summed E-state index contributed by atoms with van der Waals surface area (Å²) in [7, 11) is 0. The highest BCUT2D eigenvalue weighted by Gasteiger charge is 2.30. The van der Waals surface area contributed by atoms with Crippen molar-refractivity contribution < 1.29 is 0 Å². The Morgan fingerprint density at radius 2 is 1.77 bits per heavy atom. The molecule has 4 rings (SSSR count). The van der Waals surface area contributed by atoms with E-state index in [1.165, 1.54) is 56.3 Å². The second-order valence-corrected chi connectivity index (χ2v) is 7.58. The van der Waals surface area contributed by atoms with Crippen molar-refractivity contribution in [2.45, 2.75) is 57.9 Å². The van der Waals surface area contributed by atoms with Gasteiger partial charge in [-0.1, -0.05) is 12.8 Å². The number of likely N-dealkylation sites (tertiary alicyclic amines) is 1. The Hall–Kier alpha value is -1.16. The molecule has 4 nitrogen and oxygen atoms in total. The van der Waals surface area contributed by atoms with Gasteiger partial charge in [-0.05, 0) is 50.0 Å². The molecule has 0 amide bonds. The first-order chi connectivity index (χ1) is 10.8. The van der Waals surface area contributed by atoms with Crippen LogP contribution in [0.3, 0.4) is 0 Å². The van der Waals surface area contributed by atoms with Gasteiger partial charge >= 0.3 is 0 Å². The standard InChI is InChI=1S/C18H27N3O/c22-18-9-16-7-3-4-8-17(16)19-21(18)13-15-11-20(12-15)10-14-5-1-2-6-14/h9,14-15H,1-8,10-13H2. The molecule has 0 unspecified atom stereocenters. The Balaban J connectivity index is 1.33. The van der Waals surface area contributed by atoms with Gasteiger partial charge in [0.05, 0.1) is 12.2 Å². The van der Waals surface area contributed by atoms with Crippen LogP contribution in [-0.4, -0.2) is 34.3 Å². The summed E-state index contributed by atoms with van der Waals surface area (Å²) in [5.41, 5.74) is 2.48. The lowest BCUT2D eigenvalue weighted by Crippen LogP contribution is -2.51. The number of nitrogens with zero attached hydrogens (tertiary/aromatic N) is 3. The molecule has 22 heavy (non-hydrogen) atoms. The average molecular weight is 301 g/mol. The van der Waals surface area contributed by atoms with E-state index in [4.69, 9.17) is 0 Å². The summed E-state index contributed by atoms with van der Waals surface area (Å²) >= 11 is 0. The Morgan fingerprint density at radius 3 is 2.59 bits per heavy atom. The lowest BCUT2D eigenvalue weighted by atomic mass is 9.96. The third kappa shape index (κ3) is 2.98. The fourth-order valence-corrected chi connectivity index (χ4v) is 4.48. The number of aryl methyl sites for hydroxylation is 2. The molecule has 0 bridgehead atoms. The molecule has 0 spiro atoms. The molecular formula is C18H27N3O. The van der Waals surface area contributed by atoms with Gasteiger partial charge in [0.1, 0.15) is 0 Å². The first-order valence-electron chi connectivity index (χ1n) is 9.10. The van der Waals surface area contributed by atoms with Crippen molar-refractivity contribution in [3.63, 3.8) is 0 Å². The van der Waals surface area contributed by atoms with Gasteiger partial charge in [-0.2, -0.15) is 5.10 Å². The molecule has 0 N–H and O–H groups in total. The van der Waals surface area contributed by atoms with Crippen LogP contribution < -0.4 is 5.56 Å². The quantitative estimate of drug-likeness (QED) is 0.856. The van der Waals surface area contributed by atoms with Gasteiger partial charge in [-0.25, -0.2) is 4.68 Å². The molecule has 4 heteroatoms. The van der Waals surface area contributed by atoms with Crippen LogP contribution in [0.15, 0.2) is 10.9 Å². The van der Waals surface area contributed by atoms with E-state index in [1.54, 1.807) is 4.68 Å². The lowest BCUT2D eigenvalue weighted by molar-refractivity contribution is 0.0680. The number of aromatic nitrogens is 2. The van der Waals surface area contributed by atoms with Gasteiger partial charge in [-0.15, -0.1) is 0 Å². The maximum Gasteiger partial charge on any atom is 0.267 e. The van der Waals surface area contributed by atoms with Crippen molar-refractivity contribution in [3.8, 4) is 0 Å². The van der Waals surface area contributed by atoms with E-state index in [-0.39, 0.29) is 5.56 Å². The molecular weight excluding hydrogens is 274 g/mol. The second-order valence-electron chi connectivity index (χ2n) is 7.58. The molecule has 2 fully saturated rings. The zero-order valence-corrected chi connectivity index (χ0v) is 13.5. The highest BCUT2D eigenvalue weighted by Crippen LogP contribution is 2.28. The van der Waals surface area contributed by atoms with Crippen molar-refractivity contribution in [2.24, 2.45) is 11.8 Å². The molecule has 0 aromatic carbocycles. The van der Waals surface area contributed by atoms with Gasteiger partial charge in [0, 0.05) is 31.6 Å². The fraction of sp³-hybridized carbons (Fsp3) is 0.778. The summed E-state index contributed by atoms with van der Waals surface area (Å²) in [5.74, 6) is 1.55. The van der Waals surface area contributed by atoms with E-state index in [0.717, 1.165) is 38.4 Å². The lowest BCUT2D eigenvalue weighted by Gasteiger charge is -2.40. The van der Waals surface area contributed by atoms with E-state index in [9.17, 15) is 4.79 Å². The maximum absolute atomic E-state index is 12.2. The third-order valence-corrected chi connectivity index (χ3v) is 5.73. The number of hydrogen-bond donors (Lipinski definition) is 0. The molecule has 1 saturated carbocycles. The molecule has 3 aliphatic rings. The summed E-state index contributed by atoms with van der Waals surface area (Å²) in [5, 5.41) is 4.65. The van der Waals surface area contributed by atoms with Crippen molar-refractivity contribution in [1.82, 2.24) is 14.7 Å². The van der Waals surface area contributed by atoms with Gasteiger partial charge in [0.25, 0.3) is 5.56 Å². The van der Waals surface area contributed by atoms with E-state index in [0.29, 0.717) is 5.92 Å². The molecule has 1 aliphatic heterocycles. The first-order valence-corrected chi connectivity index (χ1v) is 9.10. The number of fused-ring (bicyclic) bond motifs is 1. The topological polar surface area (TPSA) is 38.1 Å². The normalized spacial score (nSPS) is 23.5. The van der Waals surface area contributed by atoms with E-state index in [1.807, 2.05) is 6.07 Å². The summed E-state index contributed by atoms with van der Waals surface area (Å²) in [6.07, 6.45) is 10.2. The maximum atomic E-state index is 12.2. The smallest absolute Gasteiger partial charge is 0.267 e. The zero-order chi connectivity index (χ0) is 14.9. The molecule has 2 aliphatic carbocycles. The van der Waals surface area contributed by atoms with Crippen molar-refractivity contribution >= 4 is 0 Å². The summed E-state index contributed by atoms with van der Waals surface area (Å²) in [6, 6.07) is 1.84. The minimum atomic E-state index is 0.106.